The Bertz CT molecular complexity index is 683. The van der Waals surface area contributed by atoms with Crippen molar-refractivity contribution in [2.45, 2.75) is 22.3 Å². The van der Waals surface area contributed by atoms with Gasteiger partial charge in [-0.3, -0.25) is 0 Å². The highest BCUT2D eigenvalue weighted by molar-refractivity contribution is 7.89. The van der Waals surface area contributed by atoms with Crippen molar-refractivity contribution in [2.24, 2.45) is 5.73 Å². The summed E-state index contributed by atoms with van der Waals surface area (Å²) in [5.41, 5.74) is 5.71. The van der Waals surface area contributed by atoms with E-state index in [-0.39, 0.29) is 15.8 Å². The molecule has 9 heteroatoms. The number of sulfonamides is 2. The van der Waals surface area contributed by atoms with Crippen LogP contribution in [0.15, 0.2) is 34.1 Å². The van der Waals surface area contributed by atoms with E-state index in [1.165, 1.54) is 35.6 Å². The molecule has 1 fully saturated rings. The minimum absolute atomic E-state index is 0.0251. The molecule has 2 rings (SSSR count). The molecule has 1 aliphatic heterocycles. The average molecular weight is 319 g/mol. The summed E-state index contributed by atoms with van der Waals surface area (Å²) in [7, 11) is -5.87. The molecule has 0 radical (unpaired) electrons. The second-order valence-corrected chi connectivity index (χ2v) is 8.42. The van der Waals surface area contributed by atoms with Crippen LogP contribution in [0.3, 0.4) is 0 Å². The maximum atomic E-state index is 12.3. The lowest BCUT2D eigenvalue weighted by atomic mass is 10.3. The molecule has 7 nitrogen and oxygen atoms in total. The first kappa shape index (κ1) is 15.4. The van der Waals surface area contributed by atoms with Gasteiger partial charge in [0.25, 0.3) is 0 Å². The van der Waals surface area contributed by atoms with Crippen LogP contribution in [0.2, 0.25) is 0 Å². The van der Waals surface area contributed by atoms with E-state index in [4.69, 9.17) is 5.73 Å². The fourth-order valence-electron chi connectivity index (χ4n) is 2.03. The lowest BCUT2D eigenvalue weighted by Crippen LogP contribution is -2.32. The van der Waals surface area contributed by atoms with Crippen LogP contribution in [-0.2, 0) is 20.0 Å². The zero-order valence-electron chi connectivity index (χ0n) is 11.0. The molecule has 1 saturated heterocycles. The van der Waals surface area contributed by atoms with Gasteiger partial charge in [-0.1, -0.05) is 0 Å². The van der Waals surface area contributed by atoms with Crippen molar-refractivity contribution in [1.29, 1.82) is 0 Å². The molecule has 1 aromatic carbocycles. The van der Waals surface area contributed by atoms with E-state index >= 15 is 0 Å². The fourth-order valence-corrected chi connectivity index (χ4v) is 4.27. The maximum absolute atomic E-state index is 12.3. The smallest absolute Gasteiger partial charge is 0.243 e. The topological polar surface area (TPSA) is 110 Å². The van der Waals surface area contributed by atoms with Gasteiger partial charge in [-0.2, -0.15) is 4.31 Å². The highest BCUT2D eigenvalue weighted by atomic mass is 32.2. The predicted octanol–water partition coefficient (Wildman–Crippen LogP) is -0.684. The van der Waals surface area contributed by atoms with Crippen molar-refractivity contribution in [3.05, 3.63) is 24.3 Å². The highest BCUT2D eigenvalue weighted by Gasteiger charge is 2.31. The average Bonchev–Trinajstić information content (AvgIpc) is 2.86. The Labute approximate surface area is 118 Å². The quantitative estimate of drug-likeness (QED) is 0.764. The van der Waals surface area contributed by atoms with E-state index in [2.05, 4.69) is 4.72 Å². The summed E-state index contributed by atoms with van der Waals surface area (Å²) in [6, 6.07) is 4.99. The van der Waals surface area contributed by atoms with Crippen LogP contribution < -0.4 is 10.5 Å². The molecule has 20 heavy (non-hydrogen) atoms. The van der Waals surface area contributed by atoms with Gasteiger partial charge in [0.05, 0.1) is 9.79 Å². The van der Waals surface area contributed by atoms with Crippen LogP contribution in [-0.4, -0.2) is 47.3 Å². The number of hydrogen-bond donors (Lipinski definition) is 2. The Balaban J connectivity index is 2.30. The molecule has 1 aliphatic rings. The second-order valence-electron chi connectivity index (χ2n) is 4.59. The van der Waals surface area contributed by atoms with Gasteiger partial charge >= 0.3 is 0 Å². The Hall–Kier alpha value is -1.00. The molecule has 1 heterocycles. The summed E-state index contributed by atoms with van der Waals surface area (Å²) in [5, 5.41) is 0. The minimum atomic E-state index is -3.60. The highest BCUT2D eigenvalue weighted by Crippen LogP contribution is 2.21. The van der Waals surface area contributed by atoms with Crippen LogP contribution >= 0.6 is 0 Å². The zero-order chi connectivity index (χ0) is 15.0. The number of benzene rings is 1. The normalized spacial score (nSPS) is 21.2. The molecule has 0 unspecified atom stereocenters. The summed E-state index contributed by atoms with van der Waals surface area (Å²) < 4.78 is 51.3. The predicted molar refractivity (Wildman–Crippen MR) is 74.0 cm³/mol. The van der Waals surface area contributed by atoms with Crippen LogP contribution in [0.25, 0.3) is 0 Å². The first-order valence-corrected chi connectivity index (χ1v) is 8.99. The van der Waals surface area contributed by atoms with E-state index < -0.39 is 20.0 Å². The van der Waals surface area contributed by atoms with Crippen molar-refractivity contribution in [3.63, 3.8) is 0 Å². The van der Waals surface area contributed by atoms with Gasteiger partial charge in [-0.05, 0) is 37.7 Å². The molecule has 1 atom stereocenters. The monoisotopic (exact) mass is 319 g/mol. The number of hydrogen-bond acceptors (Lipinski definition) is 5. The summed E-state index contributed by atoms with van der Waals surface area (Å²) in [6.07, 6.45) is 0.630. The Morgan fingerprint density at radius 2 is 1.70 bits per heavy atom. The Morgan fingerprint density at radius 3 is 2.15 bits per heavy atom. The minimum Gasteiger partial charge on any atom is -0.326 e. The Morgan fingerprint density at radius 1 is 1.15 bits per heavy atom. The molecule has 0 amide bonds. The fraction of sp³-hybridized carbons (Fsp3) is 0.455. The van der Waals surface area contributed by atoms with Gasteiger partial charge in [0, 0.05) is 19.1 Å². The van der Waals surface area contributed by atoms with Crippen molar-refractivity contribution < 1.29 is 16.8 Å². The second kappa shape index (κ2) is 5.41. The lowest BCUT2D eigenvalue weighted by Gasteiger charge is -2.16. The van der Waals surface area contributed by atoms with E-state index in [0.29, 0.717) is 19.5 Å². The van der Waals surface area contributed by atoms with Crippen LogP contribution in [0.4, 0.5) is 0 Å². The van der Waals surface area contributed by atoms with Gasteiger partial charge in [0.1, 0.15) is 0 Å². The van der Waals surface area contributed by atoms with Crippen molar-refractivity contribution >= 4 is 20.0 Å². The van der Waals surface area contributed by atoms with Crippen molar-refractivity contribution in [1.82, 2.24) is 9.03 Å². The van der Waals surface area contributed by atoms with E-state index in [1.54, 1.807) is 0 Å². The first-order chi connectivity index (χ1) is 9.27. The van der Waals surface area contributed by atoms with E-state index in [1.807, 2.05) is 0 Å². The largest absolute Gasteiger partial charge is 0.326 e. The third-order valence-corrected chi connectivity index (χ3v) is 6.54. The Kier molecular flexibility index (Phi) is 4.17. The van der Waals surface area contributed by atoms with Crippen LogP contribution in [0.5, 0.6) is 0 Å². The van der Waals surface area contributed by atoms with Gasteiger partial charge in [-0.15, -0.1) is 0 Å². The van der Waals surface area contributed by atoms with Crippen molar-refractivity contribution in [2.75, 3.05) is 20.1 Å². The molecule has 0 spiro atoms. The molecule has 1 aromatic rings. The van der Waals surface area contributed by atoms with Gasteiger partial charge < -0.3 is 5.73 Å². The van der Waals surface area contributed by atoms with Crippen molar-refractivity contribution in [3.8, 4) is 0 Å². The number of rotatable bonds is 4. The lowest BCUT2D eigenvalue weighted by molar-refractivity contribution is 0.472. The van der Waals surface area contributed by atoms with E-state index in [9.17, 15) is 16.8 Å². The summed E-state index contributed by atoms with van der Waals surface area (Å²) in [4.78, 5) is 0.0960. The summed E-state index contributed by atoms with van der Waals surface area (Å²) in [6.45, 7) is 0.680. The molecule has 0 bridgehead atoms. The van der Waals surface area contributed by atoms with Gasteiger partial charge in [-0.25, -0.2) is 21.6 Å². The molecule has 0 saturated carbocycles. The van der Waals surface area contributed by atoms with E-state index in [0.717, 1.165) is 0 Å². The third kappa shape index (κ3) is 2.86. The SMILES string of the molecule is CNS(=O)(=O)c1ccc(S(=O)(=O)N2CC[C@@H](N)C2)cc1. The number of nitrogens with zero attached hydrogens (tertiary/aromatic N) is 1. The van der Waals surface area contributed by atoms with Crippen LogP contribution in [0.1, 0.15) is 6.42 Å². The van der Waals surface area contributed by atoms with Crippen LogP contribution in [0, 0.1) is 0 Å². The summed E-state index contributed by atoms with van der Waals surface area (Å²) >= 11 is 0. The standard InChI is InChI=1S/C11H17N3O4S2/c1-13-19(15,16)10-2-4-11(5-3-10)20(17,18)14-7-6-9(12)8-14/h2-5,9,13H,6-8,12H2,1H3/t9-/m1/s1. The third-order valence-electron chi connectivity index (χ3n) is 3.23. The first-order valence-electron chi connectivity index (χ1n) is 6.07. The molecular formula is C11H17N3O4S2. The molecule has 0 aromatic heterocycles. The van der Waals surface area contributed by atoms with Gasteiger partial charge in [0.15, 0.2) is 0 Å². The molecule has 3 N–H and O–H groups in total. The molecular weight excluding hydrogens is 302 g/mol. The maximum Gasteiger partial charge on any atom is 0.243 e. The molecule has 112 valence electrons. The molecule has 0 aliphatic carbocycles. The zero-order valence-corrected chi connectivity index (χ0v) is 12.6. The number of nitrogens with two attached hydrogens (primary N) is 1. The summed E-state index contributed by atoms with van der Waals surface area (Å²) in [5.74, 6) is 0. The number of nitrogens with one attached hydrogen (secondary N) is 1. The van der Waals surface area contributed by atoms with Gasteiger partial charge in [0.2, 0.25) is 20.0 Å².